The molecule has 0 fully saturated rings. The van der Waals surface area contributed by atoms with Crippen LogP contribution in [0.1, 0.15) is 174 Å². The smallest absolute Gasteiger partial charge is 0.306 e. The number of likely N-dealkylation sites (N-methyl/N-ethyl adjacent to an activating group) is 1. The normalized spacial score (nSPS) is 14.0. The van der Waals surface area contributed by atoms with E-state index in [1.54, 1.807) is 0 Å². The summed E-state index contributed by atoms with van der Waals surface area (Å²) in [7, 11) is 1.37. The molecule has 0 aliphatic heterocycles. The third-order valence-electron chi connectivity index (χ3n) is 8.41. The van der Waals surface area contributed by atoms with E-state index in [4.69, 9.17) is 18.5 Å². The molecule has 0 spiro atoms. The molecule has 0 aromatic heterocycles. The number of rotatable bonds is 36. The molecule has 0 aliphatic rings. The lowest BCUT2D eigenvalue weighted by atomic mass is 10.0. The molecule has 8 nitrogen and oxygen atoms in total. The summed E-state index contributed by atoms with van der Waals surface area (Å²) in [4.78, 5) is 24.8. The van der Waals surface area contributed by atoms with E-state index in [1.165, 1.54) is 122 Å². The van der Waals surface area contributed by atoms with Crippen LogP contribution >= 0.6 is 7.82 Å². The zero-order valence-electron chi connectivity index (χ0n) is 31.0. The maximum Gasteiger partial charge on any atom is 0.306 e. The molecule has 0 aromatic rings. The number of phosphoric acid groups is 1. The largest absolute Gasteiger partial charge is 0.756 e. The SMILES string of the molecule is CCCCCCCCCCCCCCCCOCC(COP(=O)([O-])OCC[N+](C)(C)C)OC(=O)CCCCCCCCCCCC. The van der Waals surface area contributed by atoms with Crippen LogP contribution in [0.2, 0.25) is 0 Å². The summed E-state index contributed by atoms with van der Waals surface area (Å²) in [6, 6.07) is 0. The van der Waals surface area contributed by atoms with Crippen LogP contribution in [0.3, 0.4) is 0 Å². The number of phosphoric ester groups is 1. The van der Waals surface area contributed by atoms with Crippen molar-refractivity contribution in [2.45, 2.75) is 180 Å². The Bertz CT molecular complexity index is 716. The molecule has 0 radical (unpaired) electrons. The number of unbranched alkanes of at least 4 members (excludes halogenated alkanes) is 22. The van der Waals surface area contributed by atoms with Gasteiger partial charge in [0.05, 0.1) is 34.4 Å². The Morgan fingerprint density at radius 1 is 0.587 bits per heavy atom. The average Bonchev–Trinajstić information content (AvgIpc) is 2.99. The lowest BCUT2D eigenvalue weighted by Gasteiger charge is -2.28. The van der Waals surface area contributed by atoms with E-state index in [-0.39, 0.29) is 25.8 Å². The maximum absolute atomic E-state index is 12.6. The monoisotopic (exact) mass is 678 g/mol. The van der Waals surface area contributed by atoms with Gasteiger partial charge in [0.25, 0.3) is 7.82 Å². The number of nitrogens with zero attached hydrogens (tertiary/aromatic N) is 1. The molecule has 0 aliphatic carbocycles. The van der Waals surface area contributed by atoms with E-state index in [0.717, 1.165) is 32.1 Å². The van der Waals surface area contributed by atoms with Crippen molar-refractivity contribution in [3.63, 3.8) is 0 Å². The highest BCUT2D eigenvalue weighted by molar-refractivity contribution is 7.45. The van der Waals surface area contributed by atoms with Crippen molar-refractivity contribution in [3.05, 3.63) is 0 Å². The fourth-order valence-electron chi connectivity index (χ4n) is 5.37. The minimum Gasteiger partial charge on any atom is -0.756 e. The lowest BCUT2D eigenvalue weighted by molar-refractivity contribution is -0.870. The zero-order chi connectivity index (χ0) is 34.2. The van der Waals surface area contributed by atoms with Gasteiger partial charge in [-0.1, -0.05) is 155 Å². The summed E-state index contributed by atoms with van der Waals surface area (Å²) in [5, 5.41) is 0. The summed E-state index contributed by atoms with van der Waals surface area (Å²) < 4.78 is 34.4. The predicted octanol–water partition coefficient (Wildman–Crippen LogP) is 9.91. The Morgan fingerprint density at radius 3 is 1.43 bits per heavy atom. The van der Waals surface area contributed by atoms with Gasteiger partial charge in [0, 0.05) is 13.0 Å². The zero-order valence-corrected chi connectivity index (χ0v) is 31.9. The van der Waals surface area contributed by atoms with Crippen LogP contribution in [-0.4, -0.2) is 70.7 Å². The van der Waals surface area contributed by atoms with Crippen LogP contribution in [0.4, 0.5) is 0 Å². The molecule has 0 N–H and O–H groups in total. The third-order valence-corrected chi connectivity index (χ3v) is 9.37. The highest BCUT2D eigenvalue weighted by Crippen LogP contribution is 2.38. The molecular weight excluding hydrogens is 601 g/mol. The van der Waals surface area contributed by atoms with Gasteiger partial charge in [0.15, 0.2) is 0 Å². The number of esters is 1. The van der Waals surface area contributed by atoms with Gasteiger partial charge in [-0.05, 0) is 12.8 Å². The van der Waals surface area contributed by atoms with Crippen molar-refractivity contribution in [1.29, 1.82) is 0 Å². The van der Waals surface area contributed by atoms with Crippen molar-refractivity contribution in [1.82, 2.24) is 0 Å². The first-order valence-corrected chi connectivity index (χ1v) is 20.7. The van der Waals surface area contributed by atoms with Gasteiger partial charge in [-0.2, -0.15) is 0 Å². The molecule has 0 rings (SSSR count). The first kappa shape index (κ1) is 45.5. The quantitative estimate of drug-likeness (QED) is 0.0282. The fourth-order valence-corrected chi connectivity index (χ4v) is 6.10. The standard InChI is InChI=1S/C37H76NO7P/c1-6-8-10-12-14-16-18-19-20-21-23-25-27-29-32-42-34-36(35-44-46(40,41)43-33-31-38(3,4)5)45-37(39)30-28-26-24-22-17-15-13-11-9-7-2/h36H,6-35H2,1-5H3. The van der Waals surface area contributed by atoms with Crippen molar-refractivity contribution in [2.24, 2.45) is 0 Å². The second-order valence-electron chi connectivity index (χ2n) is 14.3. The summed E-state index contributed by atoms with van der Waals surface area (Å²) >= 11 is 0. The van der Waals surface area contributed by atoms with Gasteiger partial charge in [-0.3, -0.25) is 9.36 Å². The Balaban J connectivity index is 4.25. The van der Waals surface area contributed by atoms with Gasteiger partial charge in [0.2, 0.25) is 0 Å². The molecule has 46 heavy (non-hydrogen) atoms. The first-order valence-electron chi connectivity index (χ1n) is 19.3. The highest BCUT2D eigenvalue weighted by atomic mass is 31.2. The van der Waals surface area contributed by atoms with Gasteiger partial charge in [0.1, 0.15) is 19.3 Å². The van der Waals surface area contributed by atoms with Crippen LogP contribution in [0, 0.1) is 0 Å². The molecule has 0 amide bonds. The Labute approximate surface area is 285 Å². The van der Waals surface area contributed by atoms with Crippen molar-refractivity contribution in [3.8, 4) is 0 Å². The minimum atomic E-state index is -4.51. The molecule has 0 aromatic carbocycles. The number of hydrogen-bond acceptors (Lipinski definition) is 7. The van der Waals surface area contributed by atoms with Gasteiger partial charge in [-0.25, -0.2) is 0 Å². The molecule has 0 saturated heterocycles. The van der Waals surface area contributed by atoms with Crippen LogP contribution in [0.25, 0.3) is 0 Å². The summed E-state index contributed by atoms with van der Waals surface area (Å²) in [5.74, 6) is -0.333. The van der Waals surface area contributed by atoms with Crippen molar-refractivity contribution in [2.75, 3.05) is 54.1 Å². The molecule has 0 bridgehead atoms. The van der Waals surface area contributed by atoms with E-state index in [9.17, 15) is 14.3 Å². The molecule has 276 valence electrons. The van der Waals surface area contributed by atoms with Crippen LogP contribution < -0.4 is 4.89 Å². The number of ether oxygens (including phenoxy) is 2. The number of carbonyl (C=O) groups excluding carboxylic acids is 1. The number of carbonyl (C=O) groups is 1. The van der Waals surface area contributed by atoms with Gasteiger partial charge in [-0.15, -0.1) is 0 Å². The molecule has 2 unspecified atom stereocenters. The molecule has 2 atom stereocenters. The fraction of sp³-hybridized carbons (Fsp3) is 0.973. The van der Waals surface area contributed by atoms with Crippen molar-refractivity contribution >= 4 is 13.8 Å². The molecule has 0 saturated carbocycles. The second-order valence-corrected chi connectivity index (χ2v) is 15.7. The van der Waals surface area contributed by atoms with Crippen LogP contribution in [-0.2, 0) is 27.9 Å². The van der Waals surface area contributed by atoms with Gasteiger partial charge >= 0.3 is 5.97 Å². The van der Waals surface area contributed by atoms with E-state index < -0.39 is 13.9 Å². The first-order chi connectivity index (χ1) is 22.1. The third kappa shape index (κ3) is 34.8. The number of quaternary nitrogens is 1. The Hall–Kier alpha value is -0.500. The summed E-state index contributed by atoms with van der Waals surface area (Å²) in [5.41, 5.74) is 0. The van der Waals surface area contributed by atoms with E-state index >= 15 is 0 Å². The predicted molar refractivity (Wildman–Crippen MR) is 190 cm³/mol. The lowest BCUT2D eigenvalue weighted by Crippen LogP contribution is -2.37. The average molecular weight is 678 g/mol. The van der Waals surface area contributed by atoms with E-state index in [2.05, 4.69) is 13.8 Å². The Kier molecular flexibility index (Phi) is 31.4. The minimum absolute atomic E-state index is 0.0309. The molecule has 9 heteroatoms. The van der Waals surface area contributed by atoms with Crippen LogP contribution in [0.5, 0.6) is 0 Å². The van der Waals surface area contributed by atoms with E-state index in [1.807, 2.05) is 21.1 Å². The van der Waals surface area contributed by atoms with Crippen molar-refractivity contribution < 1.29 is 37.3 Å². The maximum atomic E-state index is 12.6. The van der Waals surface area contributed by atoms with Crippen LogP contribution in [0.15, 0.2) is 0 Å². The topological polar surface area (TPSA) is 94.1 Å². The molecule has 0 heterocycles. The Morgan fingerprint density at radius 2 is 1.00 bits per heavy atom. The van der Waals surface area contributed by atoms with Gasteiger partial charge < -0.3 is 27.9 Å². The van der Waals surface area contributed by atoms with E-state index in [0.29, 0.717) is 24.1 Å². The highest BCUT2D eigenvalue weighted by Gasteiger charge is 2.20. The summed E-state index contributed by atoms with van der Waals surface area (Å²) in [6.45, 7) is 5.43. The second kappa shape index (κ2) is 31.7. The number of hydrogen-bond donors (Lipinski definition) is 0. The molecular formula is C37H76NO7P. The summed E-state index contributed by atoms with van der Waals surface area (Å²) in [6.07, 6.45) is 29.6.